The van der Waals surface area contributed by atoms with E-state index in [9.17, 15) is 0 Å². The largest absolute Gasteiger partial charge is 0.373 e. The lowest BCUT2D eigenvalue weighted by Gasteiger charge is -2.35. The lowest BCUT2D eigenvalue weighted by atomic mass is 9.94. The Labute approximate surface area is 155 Å². The first-order chi connectivity index (χ1) is 12.7. The second-order valence-electron chi connectivity index (χ2n) is 8.50. The van der Waals surface area contributed by atoms with Gasteiger partial charge in [0, 0.05) is 32.3 Å². The molecular weight excluding hydrogens is 336 g/mol. The van der Waals surface area contributed by atoms with Crippen molar-refractivity contribution in [2.24, 2.45) is 0 Å². The van der Waals surface area contributed by atoms with Gasteiger partial charge in [0.05, 0.1) is 6.61 Å². The number of hydrogen-bond donors (Lipinski definition) is 0. The van der Waals surface area contributed by atoms with Crippen molar-refractivity contribution in [2.45, 2.75) is 113 Å². The molecule has 0 amide bonds. The topological polar surface area (TPSA) is 55.4 Å². The van der Waals surface area contributed by atoms with Crippen LogP contribution in [-0.4, -0.2) is 55.5 Å². The monoisotopic (exact) mass is 368 g/mol. The molecule has 3 aliphatic heterocycles. The number of ether oxygens (including phenoxy) is 6. The summed E-state index contributed by atoms with van der Waals surface area (Å²) >= 11 is 0. The first kappa shape index (κ1) is 17.8. The van der Waals surface area contributed by atoms with Crippen molar-refractivity contribution in [1.82, 2.24) is 0 Å². The van der Waals surface area contributed by atoms with Gasteiger partial charge in [-0.1, -0.05) is 12.8 Å². The molecule has 3 heterocycles. The molecule has 0 aromatic carbocycles. The first-order valence-electron chi connectivity index (χ1n) is 10.7. The number of rotatable bonds is 3. The molecule has 148 valence electrons. The minimum absolute atomic E-state index is 0.107. The fourth-order valence-corrected chi connectivity index (χ4v) is 5.46. The SMILES string of the molecule is CCO[C@@H]1[C@H]2OC3(CCCCC3)O[C@H]2O[C@@H]1C1COC2(CCCCC2)O1. The Hall–Kier alpha value is -0.240. The molecule has 6 nitrogen and oxygen atoms in total. The summed E-state index contributed by atoms with van der Waals surface area (Å²) in [4.78, 5) is 0. The molecule has 2 spiro atoms. The molecule has 5 rings (SSSR count). The van der Waals surface area contributed by atoms with E-state index in [0.29, 0.717) is 13.2 Å². The zero-order valence-electron chi connectivity index (χ0n) is 15.8. The summed E-state index contributed by atoms with van der Waals surface area (Å²) in [5.41, 5.74) is 0. The van der Waals surface area contributed by atoms with E-state index >= 15 is 0 Å². The summed E-state index contributed by atoms with van der Waals surface area (Å²) in [7, 11) is 0. The summed E-state index contributed by atoms with van der Waals surface area (Å²) in [5.74, 6) is -0.849. The van der Waals surface area contributed by atoms with Crippen molar-refractivity contribution in [3.63, 3.8) is 0 Å². The number of hydrogen-bond acceptors (Lipinski definition) is 6. The molecular formula is C20H32O6. The highest BCUT2D eigenvalue weighted by Gasteiger charge is 2.61. The molecule has 0 aromatic heterocycles. The Bertz CT molecular complexity index is 499. The van der Waals surface area contributed by atoms with Crippen LogP contribution in [0.4, 0.5) is 0 Å². The Morgan fingerprint density at radius 2 is 1.50 bits per heavy atom. The third-order valence-electron chi connectivity index (χ3n) is 6.72. The van der Waals surface area contributed by atoms with Crippen LogP contribution in [0.1, 0.15) is 71.1 Å². The van der Waals surface area contributed by atoms with E-state index in [-0.39, 0.29) is 30.7 Å². The van der Waals surface area contributed by atoms with Crippen LogP contribution in [0.5, 0.6) is 0 Å². The van der Waals surface area contributed by atoms with Crippen molar-refractivity contribution in [3.8, 4) is 0 Å². The number of fused-ring (bicyclic) bond motifs is 1. The molecule has 2 saturated carbocycles. The molecule has 0 N–H and O–H groups in total. The average Bonchev–Trinajstić information content (AvgIpc) is 3.30. The van der Waals surface area contributed by atoms with Crippen molar-refractivity contribution in [1.29, 1.82) is 0 Å². The highest BCUT2D eigenvalue weighted by Crippen LogP contribution is 2.48. The first-order valence-corrected chi connectivity index (χ1v) is 10.7. The molecule has 6 heteroatoms. The standard InChI is InChI=1S/C20H32O6/c1-2-21-16-15(14-13-22-19(24-14)9-5-3-6-10-19)23-18-17(16)25-20(26-18)11-7-4-8-12-20/h14-18H,2-13H2,1H3/t14?,15-,16+,17-,18-/m1/s1. The lowest BCUT2D eigenvalue weighted by Crippen LogP contribution is -2.45. The normalized spacial score (nSPS) is 44.0. The van der Waals surface area contributed by atoms with Crippen molar-refractivity contribution in [2.75, 3.05) is 13.2 Å². The molecule has 5 atom stereocenters. The van der Waals surface area contributed by atoms with Gasteiger partial charge < -0.3 is 28.4 Å². The molecule has 5 aliphatic rings. The maximum absolute atomic E-state index is 6.44. The quantitative estimate of drug-likeness (QED) is 0.762. The van der Waals surface area contributed by atoms with Crippen LogP contribution >= 0.6 is 0 Å². The van der Waals surface area contributed by atoms with Gasteiger partial charge in [-0.3, -0.25) is 0 Å². The van der Waals surface area contributed by atoms with Gasteiger partial charge >= 0.3 is 0 Å². The molecule has 2 aliphatic carbocycles. The zero-order valence-corrected chi connectivity index (χ0v) is 15.8. The lowest BCUT2D eigenvalue weighted by molar-refractivity contribution is -0.262. The summed E-state index contributed by atoms with van der Waals surface area (Å²) in [6.45, 7) is 3.22. The van der Waals surface area contributed by atoms with Crippen molar-refractivity contribution >= 4 is 0 Å². The van der Waals surface area contributed by atoms with E-state index in [2.05, 4.69) is 0 Å². The van der Waals surface area contributed by atoms with Gasteiger partial charge in [0.25, 0.3) is 0 Å². The van der Waals surface area contributed by atoms with Crippen LogP contribution in [0, 0.1) is 0 Å². The Morgan fingerprint density at radius 1 is 0.808 bits per heavy atom. The summed E-state index contributed by atoms with van der Waals surface area (Å²) < 4.78 is 37.7. The Morgan fingerprint density at radius 3 is 2.19 bits per heavy atom. The molecule has 3 saturated heterocycles. The van der Waals surface area contributed by atoms with Crippen LogP contribution in [0.15, 0.2) is 0 Å². The highest BCUT2D eigenvalue weighted by atomic mass is 16.9. The minimum Gasteiger partial charge on any atom is -0.373 e. The molecule has 0 radical (unpaired) electrons. The van der Waals surface area contributed by atoms with E-state index < -0.39 is 11.6 Å². The molecule has 0 bridgehead atoms. The van der Waals surface area contributed by atoms with Gasteiger partial charge in [-0.15, -0.1) is 0 Å². The van der Waals surface area contributed by atoms with Gasteiger partial charge in [-0.05, 0) is 32.6 Å². The van der Waals surface area contributed by atoms with E-state index in [1.165, 1.54) is 25.7 Å². The Balaban J connectivity index is 1.29. The van der Waals surface area contributed by atoms with E-state index in [1.807, 2.05) is 6.92 Å². The zero-order chi connectivity index (χ0) is 17.6. The third kappa shape index (κ3) is 3.03. The maximum Gasteiger partial charge on any atom is 0.190 e. The fraction of sp³-hybridized carbons (Fsp3) is 1.00. The van der Waals surface area contributed by atoms with E-state index in [1.54, 1.807) is 0 Å². The van der Waals surface area contributed by atoms with Crippen molar-refractivity contribution in [3.05, 3.63) is 0 Å². The smallest absolute Gasteiger partial charge is 0.190 e. The van der Waals surface area contributed by atoms with Crippen LogP contribution in [0.25, 0.3) is 0 Å². The molecule has 1 unspecified atom stereocenters. The van der Waals surface area contributed by atoms with Gasteiger partial charge in [-0.2, -0.15) is 0 Å². The van der Waals surface area contributed by atoms with Gasteiger partial charge in [0.15, 0.2) is 17.9 Å². The Kier molecular flexibility index (Phi) is 4.78. The molecule has 5 fully saturated rings. The van der Waals surface area contributed by atoms with E-state index in [0.717, 1.165) is 38.5 Å². The molecule has 26 heavy (non-hydrogen) atoms. The fourth-order valence-electron chi connectivity index (χ4n) is 5.46. The van der Waals surface area contributed by atoms with Gasteiger partial charge in [-0.25, -0.2) is 0 Å². The average molecular weight is 368 g/mol. The van der Waals surface area contributed by atoms with Crippen molar-refractivity contribution < 1.29 is 28.4 Å². The highest BCUT2D eigenvalue weighted by molar-refractivity contribution is 5.01. The van der Waals surface area contributed by atoms with Crippen LogP contribution in [0.3, 0.4) is 0 Å². The van der Waals surface area contributed by atoms with E-state index in [4.69, 9.17) is 28.4 Å². The van der Waals surface area contributed by atoms with Gasteiger partial charge in [0.2, 0.25) is 0 Å². The summed E-state index contributed by atoms with van der Waals surface area (Å²) in [5, 5.41) is 0. The summed E-state index contributed by atoms with van der Waals surface area (Å²) in [6.07, 6.45) is 10.1. The third-order valence-corrected chi connectivity index (χ3v) is 6.72. The summed E-state index contributed by atoms with van der Waals surface area (Å²) in [6, 6.07) is 0. The maximum atomic E-state index is 6.44. The molecule has 0 aromatic rings. The van der Waals surface area contributed by atoms with Crippen LogP contribution in [-0.2, 0) is 28.4 Å². The predicted molar refractivity (Wildman–Crippen MR) is 92.5 cm³/mol. The van der Waals surface area contributed by atoms with Crippen LogP contribution < -0.4 is 0 Å². The second kappa shape index (κ2) is 6.98. The minimum atomic E-state index is -0.453. The van der Waals surface area contributed by atoms with Gasteiger partial charge in [0.1, 0.15) is 24.4 Å². The van der Waals surface area contributed by atoms with Crippen LogP contribution in [0.2, 0.25) is 0 Å². The predicted octanol–water partition coefficient (Wildman–Crippen LogP) is 3.27. The second-order valence-corrected chi connectivity index (χ2v) is 8.50.